The van der Waals surface area contributed by atoms with Gasteiger partial charge < -0.3 is 4.90 Å². The summed E-state index contributed by atoms with van der Waals surface area (Å²) in [6, 6.07) is 50.2. The fourth-order valence-electron chi connectivity index (χ4n) is 14.1. The van der Waals surface area contributed by atoms with Crippen LogP contribution in [0, 0.1) is 23.7 Å². The predicted octanol–water partition coefficient (Wildman–Crippen LogP) is 15.7. The predicted molar refractivity (Wildman–Crippen MR) is 248 cm³/mol. The van der Waals surface area contributed by atoms with Crippen LogP contribution >= 0.6 is 11.8 Å². The van der Waals surface area contributed by atoms with Crippen molar-refractivity contribution >= 4 is 28.8 Å². The molecule has 1 heterocycles. The smallest absolute Gasteiger partial charge is 0.0540 e. The number of benzene rings is 6. The number of nitrogens with zero attached hydrogens (tertiary/aromatic N) is 1. The summed E-state index contributed by atoms with van der Waals surface area (Å²) in [5, 5.41) is 0. The van der Waals surface area contributed by atoms with Crippen LogP contribution in [0.3, 0.4) is 0 Å². The standard InChI is InChI=1S/C57H57NS/c1-54(2)26-27-55(3,4)53-44(16-13-19-47(53)54)43-15-8-11-20-50(43)58(39-22-24-42-41-14-7-9-17-45(41)56(5,6)48(42)33-39)40-23-25-52-49(34-40)57(46-18-10-12-21-51(46)59-52)37-29-35-28-36(31-37)32-38(57)30-35/h7-25,33-38H,26-32H2,1-6H3. The molecule has 4 fully saturated rings. The fourth-order valence-corrected chi connectivity index (χ4v) is 15.4. The summed E-state index contributed by atoms with van der Waals surface area (Å²) in [5.41, 5.74) is 18.5. The third-order valence-electron chi connectivity index (χ3n) is 16.8. The van der Waals surface area contributed by atoms with Crippen molar-refractivity contribution in [2.45, 2.75) is 118 Å². The molecule has 2 heteroatoms. The molecule has 0 unspecified atom stereocenters. The SMILES string of the molecule is CC1(C)CCC(C)(C)c2c(-c3ccccc3N(c3ccc4c(c3)C(C)(C)c3ccccc3-4)c3ccc4c(c3)C3(c5ccccc5S4)C4CC5CC(C4)CC3C5)cccc21. The van der Waals surface area contributed by atoms with Gasteiger partial charge in [0.15, 0.2) is 0 Å². The van der Waals surface area contributed by atoms with Crippen molar-refractivity contribution < 1.29 is 0 Å². The van der Waals surface area contributed by atoms with Gasteiger partial charge in [0.25, 0.3) is 0 Å². The molecule has 0 N–H and O–H groups in total. The molecule has 1 aliphatic heterocycles. The van der Waals surface area contributed by atoms with E-state index in [1.54, 1.807) is 11.1 Å². The molecule has 4 saturated carbocycles. The lowest BCUT2D eigenvalue weighted by molar-refractivity contribution is -0.0443. The van der Waals surface area contributed by atoms with Gasteiger partial charge in [0.2, 0.25) is 0 Å². The Morgan fingerprint density at radius 3 is 1.78 bits per heavy atom. The highest BCUT2D eigenvalue weighted by Crippen LogP contribution is 2.69. The van der Waals surface area contributed by atoms with Gasteiger partial charge in [-0.15, -0.1) is 0 Å². The molecule has 296 valence electrons. The number of para-hydroxylation sites is 1. The monoisotopic (exact) mass is 787 g/mol. The number of anilines is 3. The largest absolute Gasteiger partial charge is 0.310 e. The summed E-state index contributed by atoms with van der Waals surface area (Å²) < 4.78 is 0. The van der Waals surface area contributed by atoms with Crippen molar-refractivity contribution in [3.8, 4) is 22.3 Å². The summed E-state index contributed by atoms with van der Waals surface area (Å²) in [6.07, 6.45) is 9.39. The first-order valence-corrected chi connectivity index (χ1v) is 23.5. The maximum atomic E-state index is 2.69. The Balaban J connectivity index is 1.11. The molecular formula is C57H57NS. The molecule has 0 radical (unpaired) electrons. The van der Waals surface area contributed by atoms with E-state index in [4.69, 9.17) is 0 Å². The van der Waals surface area contributed by atoms with Crippen LogP contribution in [-0.4, -0.2) is 0 Å². The molecule has 6 aromatic carbocycles. The highest BCUT2D eigenvalue weighted by Gasteiger charge is 2.60. The van der Waals surface area contributed by atoms with Crippen molar-refractivity contribution in [1.82, 2.24) is 0 Å². The van der Waals surface area contributed by atoms with E-state index >= 15 is 0 Å². The van der Waals surface area contributed by atoms with Crippen LogP contribution in [-0.2, 0) is 21.7 Å². The van der Waals surface area contributed by atoms with E-state index in [-0.39, 0.29) is 21.7 Å². The molecule has 13 rings (SSSR count). The molecule has 0 amide bonds. The zero-order chi connectivity index (χ0) is 40.1. The van der Waals surface area contributed by atoms with Crippen molar-refractivity contribution in [1.29, 1.82) is 0 Å². The molecule has 1 spiro atoms. The first-order valence-electron chi connectivity index (χ1n) is 22.6. The molecule has 0 aromatic heterocycles. The lowest BCUT2D eigenvalue weighted by Gasteiger charge is -2.63. The van der Waals surface area contributed by atoms with E-state index in [0.29, 0.717) is 11.8 Å². The number of hydrogen-bond donors (Lipinski definition) is 0. The molecule has 0 atom stereocenters. The molecule has 6 aliphatic carbocycles. The summed E-state index contributed by atoms with van der Waals surface area (Å²) in [4.78, 5) is 5.62. The third-order valence-corrected chi connectivity index (χ3v) is 17.9. The van der Waals surface area contributed by atoms with Crippen LogP contribution in [0.15, 0.2) is 137 Å². The average Bonchev–Trinajstić information content (AvgIpc) is 3.46. The Kier molecular flexibility index (Phi) is 7.70. The first kappa shape index (κ1) is 36.3. The quantitative estimate of drug-likeness (QED) is 0.175. The molecule has 1 nitrogen and oxygen atoms in total. The third kappa shape index (κ3) is 5.05. The Bertz CT molecular complexity index is 2680. The molecular weight excluding hydrogens is 731 g/mol. The van der Waals surface area contributed by atoms with E-state index in [2.05, 4.69) is 174 Å². The summed E-state index contributed by atoms with van der Waals surface area (Å²) >= 11 is 2.02. The molecule has 7 aliphatic rings. The van der Waals surface area contributed by atoms with Crippen LogP contribution in [0.5, 0.6) is 0 Å². The zero-order valence-corrected chi connectivity index (χ0v) is 36.6. The summed E-state index contributed by atoms with van der Waals surface area (Å²) in [5.74, 6) is 3.22. The average molecular weight is 788 g/mol. The Morgan fingerprint density at radius 1 is 0.458 bits per heavy atom. The van der Waals surface area contributed by atoms with Crippen LogP contribution < -0.4 is 4.90 Å². The van der Waals surface area contributed by atoms with E-state index in [0.717, 1.165) is 11.8 Å². The van der Waals surface area contributed by atoms with Gasteiger partial charge in [-0.2, -0.15) is 0 Å². The number of fused-ring (bicyclic) bond motifs is 6. The van der Waals surface area contributed by atoms with Crippen molar-refractivity contribution in [2.75, 3.05) is 4.90 Å². The van der Waals surface area contributed by atoms with E-state index in [9.17, 15) is 0 Å². The van der Waals surface area contributed by atoms with Gasteiger partial charge in [0.05, 0.1) is 5.69 Å². The minimum absolute atomic E-state index is 0.0709. The van der Waals surface area contributed by atoms with Crippen LogP contribution in [0.4, 0.5) is 17.1 Å². The van der Waals surface area contributed by atoms with Gasteiger partial charge in [0, 0.05) is 37.6 Å². The molecule has 6 aromatic rings. The van der Waals surface area contributed by atoms with Crippen LogP contribution in [0.1, 0.15) is 120 Å². The van der Waals surface area contributed by atoms with E-state index < -0.39 is 0 Å². The second-order valence-electron chi connectivity index (χ2n) is 21.2. The van der Waals surface area contributed by atoms with Gasteiger partial charge in [-0.3, -0.25) is 0 Å². The van der Waals surface area contributed by atoms with Crippen molar-refractivity contribution in [3.63, 3.8) is 0 Å². The van der Waals surface area contributed by atoms with Crippen LogP contribution in [0.25, 0.3) is 22.3 Å². The Morgan fingerprint density at radius 2 is 1.02 bits per heavy atom. The summed E-state index contributed by atoms with van der Waals surface area (Å²) in [6.45, 7) is 14.7. The lowest BCUT2D eigenvalue weighted by Crippen LogP contribution is -2.57. The summed E-state index contributed by atoms with van der Waals surface area (Å²) in [7, 11) is 0. The highest BCUT2D eigenvalue weighted by molar-refractivity contribution is 7.99. The van der Waals surface area contributed by atoms with E-state index in [1.807, 2.05) is 11.8 Å². The minimum Gasteiger partial charge on any atom is -0.310 e. The first-order chi connectivity index (χ1) is 28.4. The van der Waals surface area contributed by atoms with Gasteiger partial charge in [-0.1, -0.05) is 138 Å². The zero-order valence-electron chi connectivity index (χ0n) is 35.7. The van der Waals surface area contributed by atoms with Crippen LogP contribution in [0.2, 0.25) is 0 Å². The van der Waals surface area contributed by atoms with Gasteiger partial charge in [-0.05, 0) is 172 Å². The fraction of sp³-hybridized carbons (Fsp3) is 0.368. The van der Waals surface area contributed by atoms with E-state index in [1.165, 1.54) is 116 Å². The van der Waals surface area contributed by atoms with Crippen molar-refractivity contribution in [3.05, 3.63) is 161 Å². The Hall–Kier alpha value is -4.53. The van der Waals surface area contributed by atoms with Gasteiger partial charge in [0.1, 0.15) is 0 Å². The second kappa shape index (κ2) is 12.5. The lowest BCUT2D eigenvalue weighted by atomic mass is 9.42. The topological polar surface area (TPSA) is 3.24 Å². The normalized spacial score (nSPS) is 26.7. The van der Waals surface area contributed by atoms with Gasteiger partial charge in [-0.25, -0.2) is 0 Å². The number of rotatable bonds is 4. The molecule has 59 heavy (non-hydrogen) atoms. The van der Waals surface area contributed by atoms with Gasteiger partial charge >= 0.3 is 0 Å². The van der Waals surface area contributed by atoms with Crippen molar-refractivity contribution in [2.24, 2.45) is 23.7 Å². The second-order valence-corrected chi connectivity index (χ2v) is 22.3. The Labute approximate surface area is 356 Å². The maximum Gasteiger partial charge on any atom is 0.0540 e. The molecule has 4 bridgehead atoms. The maximum absolute atomic E-state index is 2.69. The highest BCUT2D eigenvalue weighted by atomic mass is 32.2. The molecule has 0 saturated heterocycles. The number of hydrogen-bond acceptors (Lipinski definition) is 2. The minimum atomic E-state index is -0.0954.